The third-order valence-electron chi connectivity index (χ3n) is 3.90. The molecule has 114 valence electrons. The molecule has 5 nitrogen and oxygen atoms in total. The number of carbonyl (C=O) groups is 1. The number of aryl methyl sites for hydroxylation is 1. The van der Waals surface area contributed by atoms with Crippen molar-refractivity contribution in [2.75, 3.05) is 11.9 Å². The molecule has 0 spiro atoms. The van der Waals surface area contributed by atoms with Crippen molar-refractivity contribution in [3.8, 4) is 0 Å². The first-order valence-electron chi connectivity index (χ1n) is 7.67. The second-order valence-electron chi connectivity index (χ2n) is 5.55. The summed E-state index contributed by atoms with van der Waals surface area (Å²) in [5, 5.41) is 6.29. The van der Waals surface area contributed by atoms with Gasteiger partial charge in [-0.2, -0.15) is 0 Å². The third-order valence-corrected chi connectivity index (χ3v) is 3.90. The first-order valence-corrected chi connectivity index (χ1v) is 7.67. The summed E-state index contributed by atoms with van der Waals surface area (Å²) in [6.07, 6.45) is 5.07. The van der Waals surface area contributed by atoms with Gasteiger partial charge in [0.2, 0.25) is 0 Å². The number of anilines is 1. The second kappa shape index (κ2) is 6.66. The Morgan fingerprint density at radius 1 is 1.27 bits per heavy atom. The van der Waals surface area contributed by atoms with E-state index in [1.165, 1.54) is 12.8 Å². The lowest BCUT2D eigenvalue weighted by molar-refractivity contribution is 0.102. The van der Waals surface area contributed by atoms with E-state index >= 15 is 0 Å². The van der Waals surface area contributed by atoms with Gasteiger partial charge in [0.25, 0.3) is 5.91 Å². The molecule has 1 atom stereocenters. The summed E-state index contributed by atoms with van der Waals surface area (Å²) in [5.74, 6) is 0.611. The average molecular weight is 296 g/mol. The molecule has 1 saturated heterocycles. The molecule has 1 amide bonds. The molecule has 0 radical (unpaired) electrons. The zero-order valence-corrected chi connectivity index (χ0v) is 12.7. The van der Waals surface area contributed by atoms with Crippen LogP contribution in [0.25, 0.3) is 0 Å². The molecule has 1 aliphatic heterocycles. The van der Waals surface area contributed by atoms with Crippen LogP contribution >= 0.6 is 0 Å². The van der Waals surface area contributed by atoms with Crippen LogP contribution in [0.2, 0.25) is 0 Å². The van der Waals surface area contributed by atoms with Gasteiger partial charge in [0.05, 0.1) is 17.3 Å². The number of carbonyl (C=O) groups excluding carboxylic acids is 1. The fourth-order valence-electron chi connectivity index (χ4n) is 2.67. The number of aromatic nitrogens is 2. The SMILES string of the molecule is Cc1nc([C@@H]2CCCCN2)ncc1C(=O)Nc1ccccc1. The Morgan fingerprint density at radius 3 is 2.77 bits per heavy atom. The molecule has 22 heavy (non-hydrogen) atoms. The summed E-state index contributed by atoms with van der Waals surface area (Å²) in [7, 11) is 0. The normalized spacial score (nSPS) is 18.0. The van der Waals surface area contributed by atoms with Gasteiger partial charge in [-0.05, 0) is 38.4 Å². The summed E-state index contributed by atoms with van der Waals surface area (Å²) in [6, 6.07) is 9.60. The van der Waals surface area contributed by atoms with Crippen LogP contribution in [0.4, 0.5) is 5.69 Å². The molecule has 1 aromatic carbocycles. The molecule has 0 unspecified atom stereocenters. The van der Waals surface area contributed by atoms with E-state index < -0.39 is 0 Å². The Morgan fingerprint density at radius 2 is 2.09 bits per heavy atom. The number of benzene rings is 1. The van der Waals surface area contributed by atoms with Crippen molar-refractivity contribution in [1.82, 2.24) is 15.3 Å². The first-order chi connectivity index (χ1) is 10.7. The minimum Gasteiger partial charge on any atom is -0.322 e. The Bertz CT molecular complexity index is 651. The van der Waals surface area contributed by atoms with E-state index in [2.05, 4.69) is 20.6 Å². The molecule has 2 aromatic rings. The van der Waals surface area contributed by atoms with Crippen LogP contribution in [0.15, 0.2) is 36.5 Å². The second-order valence-corrected chi connectivity index (χ2v) is 5.55. The molecule has 5 heteroatoms. The van der Waals surface area contributed by atoms with E-state index in [9.17, 15) is 4.79 Å². The van der Waals surface area contributed by atoms with Gasteiger partial charge < -0.3 is 10.6 Å². The smallest absolute Gasteiger partial charge is 0.259 e. The summed E-state index contributed by atoms with van der Waals surface area (Å²) in [4.78, 5) is 21.2. The molecule has 0 bridgehead atoms. The maximum absolute atomic E-state index is 12.3. The number of nitrogens with zero attached hydrogens (tertiary/aromatic N) is 2. The molecule has 1 aromatic heterocycles. The molecule has 3 rings (SSSR count). The van der Waals surface area contributed by atoms with Crippen LogP contribution < -0.4 is 10.6 Å². The zero-order valence-electron chi connectivity index (χ0n) is 12.7. The summed E-state index contributed by atoms with van der Waals surface area (Å²) >= 11 is 0. The minimum atomic E-state index is -0.174. The Kier molecular flexibility index (Phi) is 4.44. The van der Waals surface area contributed by atoms with E-state index in [0.29, 0.717) is 11.3 Å². The fraction of sp³-hybridized carbons (Fsp3) is 0.353. The predicted molar refractivity (Wildman–Crippen MR) is 85.8 cm³/mol. The molecule has 0 saturated carbocycles. The monoisotopic (exact) mass is 296 g/mol. The van der Waals surface area contributed by atoms with Gasteiger partial charge in [0, 0.05) is 11.9 Å². The van der Waals surface area contributed by atoms with Gasteiger partial charge in [0.1, 0.15) is 5.82 Å². The molecule has 1 fully saturated rings. The standard InChI is InChI=1S/C17H20N4O/c1-12-14(17(22)21-13-7-3-2-4-8-13)11-19-16(20-12)15-9-5-6-10-18-15/h2-4,7-8,11,15,18H,5-6,9-10H2,1H3,(H,21,22)/t15-/m0/s1. The summed E-state index contributed by atoms with van der Waals surface area (Å²) in [6.45, 7) is 2.86. The maximum Gasteiger partial charge on any atom is 0.259 e. The predicted octanol–water partition coefficient (Wildman–Crippen LogP) is 2.85. The Labute approximate surface area is 130 Å². The third kappa shape index (κ3) is 3.31. The number of hydrogen-bond donors (Lipinski definition) is 2. The van der Waals surface area contributed by atoms with Crippen LogP contribution in [0.3, 0.4) is 0 Å². The van der Waals surface area contributed by atoms with Crippen LogP contribution in [-0.4, -0.2) is 22.4 Å². The maximum atomic E-state index is 12.3. The van der Waals surface area contributed by atoms with Crippen molar-refractivity contribution in [3.05, 3.63) is 53.6 Å². The van der Waals surface area contributed by atoms with E-state index in [-0.39, 0.29) is 11.9 Å². The van der Waals surface area contributed by atoms with Gasteiger partial charge in [-0.25, -0.2) is 9.97 Å². The summed E-state index contributed by atoms with van der Waals surface area (Å²) in [5.41, 5.74) is 2.00. The highest BCUT2D eigenvalue weighted by Crippen LogP contribution is 2.20. The number of para-hydroxylation sites is 1. The number of hydrogen-bond acceptors (Lipinski definition) is 4. The Balaban J connectivity index is 1.75. The first kappa shape index (κ1) is 14.7. The van der Waals surface area contributed by atoms with E-state index in [4.69, 9.17) is 0 Å². The number of rotatable bonds is 3. The van der Waals surface area contributed by atoms with Crippen molar-refractivity contribution in [1.29, 1.82) is 0 Å². The molecule has 1 aliphatic rings. The fourth-order valence-corrected chi connectivity index (χ4v) is 2.67. The van der Waals surface area contributed by atoms with E-state index in [0.717, 1.165) is 24.5 Å². The molecule has 2 N–H and O–H groups in total. The molecule has 0 aliphatic carbocycles. The lowest BCUT2D eigenvalue weighted by Gasteiger charge is -2.22. The minimum absolute atomic E-state index is 0.174. The topological polar surface area (TPSA) is 66.9 Å². The average Bonchev–Trinajstić information content (AvgIpc) is 2.56. The number of nitrogens with one attached hydrogen (secondary N) is 2. The lowest BCUT2D eigenvalue weighted by Crippen LogP contribution is -2.29. The van der Waals surface area contributed by atoms with Crippen LogP contribution in [0, 0.1) is 6.92 Å². The quantitative estimate of drug-likeness (QED) is 0.914. The van der Waals surface area contributed by atoms with Gasteiger partial charge >= 0.3 is 0 Å². The molecule has 2 heterocycles. The number of piperidine rings is 1. The van der Waals surface area contributed by atoms with Crippen molar-refractivity contribution >= 4 is 11.6 Å². The van der Waals surface area contributed by atoms with Crippen LogP contribution in [0.1, 0.15) is 47.2 Å². The highest BCUT2D eigenvalue weighted by Gasteiger charge is 2.19. The Hall–Kier alpha value is -2.27. The van der Waals surface area contributed by atoms with Gasteiger partial charge in [-0.15, -0.1) is 0 Å². The summed E-state index contributed by atoms with van der Waals surface area (Å²) < 4.78 is 0. The zero-order chi connectivity index (χ0) is 15.4. The van der Waals surface area contributed by atoms with Crippen molar-refractivity contribution in [2.24, 2.45) is 0 Å². The van der Waals surface area contributed by atoms with Crippen LogP contribution in [-0.2, 0) is 0 Å². The van der Waals surface area contributed by atoms with Gasteiger partial charge in [-0.1, -0.05) is 24.6 Å². The van der Waals surface area contributed by atoms with Gasteiger partial charge in [0.15, 0.2) is 0 Å². The van der Waals surface area contributed by atoms with Crippen LogP contribution in [0.5, 0.6) is 0 Å². The van der Waals surface area contributed by atoms with Crippen molar-refractivity contribution < 1.29 is 4.79 Å². The highest BCUT2D eigenvalue weighted by molar-refractivity contribution is 6.04. The highest BCUT2D eigenvalue weighted by atomic mass is 16.1. The number of amides is 1. The largest absolute Gasteiger partial charge is 0.322 e. The molecular formula is C17H20N4O. The molecular weight excluding hydrogens is 276 g/mol. The lowest BCUT2D eigenvalue weighted by atomic mass is 10.0. The van der Waals surface area contributed by atoms with Crippen molar-refractivity contribution in [2.45, 2.75) is 32.2 Å². The van der Waals surface area contributed by atoms with E-state index in [1.807, 2.05) is 37.3 Å². The van der Waals surface area contributed by atoms with E-state index in [1.54, 1.807) is 6.20 Å². The van der Waals surface area contributed by atoms with Gasteiger partial charge in [-0.3, -0.25) is 4.79 Å². The van der Waals surface area contributed by atoms with Crippen molar-refractivity contribution in [3.63, 3.8) is 0 Å².